The summed E-state index contributed by atoms with van der Waals surface area (Å²) in [6, 6.07) is 15.1. The summed E-state index contributed by atoms with van der Waals surface area (Å²) >= 11 is 0. The summed E-state index contributed by atoms with van der Waals surface area (Å²) in [5, 5.41) is 12.1. The number of hydrogen-bond acceptors (Lipinski definition) is 2. The van der Waals surface area contributed by atoms with Crippen molar-refractivity contribution < 1.29 is 4.39 Å². The minimum Gasteiger partial charge on any atom is -0.361 e. The highest BCUT2D eigenvalue weighted by molar-refractivity contribution is 14.0. The van der Waals surface area contributed by atoms with E-state index >= 15 is 0 Å². The lowest BCUT2D eigenvalue weighted by Gasteiger charge is -2.10. The third-order valence-corrected chi connectivity index (χ3v) is 5.05. The van der Waals surface area contributed by atoms with Crippen molar-refractivity contribution in [2.75, 3.05) is 13.1 Å². The van der Waals surface area contributed by atoms with Crippen LogP contribution in [0.15, 0.2) is 72.1 Å². The van der Waals surface area contributed by atoms with Crippen molar-refractivity contribution in [3.05, 3.63) is 89.6 Å². The van der Waals surface area contributed by atoms with Gasteiger partial charge in [-0.2, -0.15) is 5.10 Å². The van der Waals surface area contributed by atoms with E-state index in [0.717, 1.165) is 54.0 Å². The summed E-state index contributed by atoms with van der Waals surface area (Å²) < 4.78 is 15.3. The maximum Gasteiger partial charge on any atom is 0.191 e. The second kappa shape index (κ2) is 11.7. The van der Waals surface area contributed by atoms with E-state index in [1.807, 2.05) is 54.5 Å². The molecule has 4 aromatic rings. The molecule has 0 radical (unpaired) electrons. The normalized spacial score (nSPS) is 11.4. The number of aromatic nitrogens is 3. The van der Waals surface area contributed by atoms with E-state index in [1.54, 1.807) is 0 Å². The van der Waals surface area contributed by atoms with Crippen molar-refractivity contribution in [1.29, 1.82) is 0 Å². The number of nitrogens with zero attached hydrogens (tertiary/aromatic N) is 3. The van der Waals surface area contributed by atoms with Crippen molar-refractivity contribution in [3.63, 3.8) is 0 Å². The van der Waals surface area contributed by atoms with Crippen LogP contribution in [0.4, 0.5) is 4.39 Å². The molecule has 0 saturated carbocycles. The number of rotatable bonds is 8. The predicted octanol–water partition coefficient (Wildman–Crippen LogP) is 4.47. The third kappa shape index (κ3) is 6.32. The monoisotopic (exact) mass is 546 g/mol. The molecule has 0 unspecified atom stereocenters. The van der Waals surface area contributed by atoms with Crippen LogP contribution < -0.4 is 10.6 Å². The summed E-state index contributed by atoms with van der Waals surface area (Å²) in [6.07, 6.45) is 6.65. The summed E-state index contributed by atoms with van der Waals surface area (Å²) in [5.41, 5.74) is 4.26. The second-order valence-electron chi connectivity index (χ2n) is 7.41. The van der Waals surface area contributed by atoms with Gasteiger partial charge in [-0.05, 0) is 42.7 Å². The fourth-order valence-electron chi connectivity index (χ4n) is 3.54. The average molecular weight is 546 g/mol. The Kier molecular flexibility index (Phi) is 8.66. The first-order valence-electron chi connectivity index (χ1n) is 10.5. The minimum absolute atomic E-state index is 0. The van der Waals surface area contributed by atoms with Crippen molar-refractivity contribution >= 4 is 40.8 Å². The Hall–Kier alpha value is -2.88. The van der Waals surface area contributed by atoms with Crippen LogP contribution in [0.1, 0.15) is 23.6 Å². The van der Waals surface area contributed by atoms with E-state index < -0.39 is 0 Å². The van der Waals surface area contributed by atoms with Gasteiger partial charge >= 0.3 is 0 Å². The van der Waals surface area contributed by atoms with E-state index in [9.17, 15) is 4.39 Å². The lowest BCUT2D eigenvalue weighted by Crippen LogP contribution is -2.38. The summed E-state index contributed by atoms with van der Waals surface area (Å²) in [7, 11) is 0. The fourth-order valence-corrected chi connectivity index (χ4v) is 3.54. The third-order valence-electron chi connectivity index (χ3n) is 5.05. The van der Waals surface area contributed by atoms with Gasteiger partial charge in [0.25, 0.3) is 0 Å². The van der Waals surface area contributed by atoms with Gasteiger partial charge < -0.3 is 15.6 Å². The van der Waals surface area contributed by atoms with Gasteiger partial charge in [0.1, 0.15) is 5.82 Å². The molecule has 168 valence electrons. The molecule has 8 heteroatoms. The molecule has 0 aliphatic carbocycles. The van der Waals surface area contributed by atoms with Crippen molar-refractivity contribution in [3.8, 4) is 0 Å². The molecule has 0 atom stereocenters. The van der Waals surface area contributed by atoms with Gasteiger partial charge in [-0.3, -0.25) is 4.68 Å². The van der Waals surface area contributed by atoms with Gasteiger partial charge in [0.05, 0.1) is 19.3 Å². The molecule has 2 aromatic carbocycles. The van der Waals surface area contributed by atoms with Gasteiger partial charge in [-0.15, -0.1) is 24.0 Å². The highest BCUT2D eigenvalue weighted by Gasteiger charge is 2.06. The fraction of sp³-hybridized carbons (Fsp3) is 0.250. The number of halogens is 2. The Balaban J connectivity index is 0.00000289. The maximum atomic E-state index is 13.4. The Labute approximate surface area is 204 Å². The molecule has 0 bridgehead atoms. The van der Waals surface area contributed by atoms with Gasteiger partial charge in [-0.1, -0.05) is 30.3 Å². The van der Waals surface area contributed by atoms with Crippen LogP contribution >= 0.6 is 24.0 Å². The lowest BCUT2D eigenvalue weighted by molar-refractivity contribution is 0.629. The molecule has 32 heavy (non-hydrogen) atoms. The molecule has 3 N–H and O–H groups in total. The Morgan fingerprint density at radius 3 is 2.78 bits per heavy atom. The topological polar surface area (TPSA) is 70.0 Å². The zero-order valence-corrected chi connectivity index (χ0v) is 20.3. The van der Waals surface area contributed by atoms with E-state index in [-0.39, 0.29) is 29.8 Å². The number of hydrogen-bond donors (Lipinski definition) is 3. The minimum atomic E-state index is -0.229. The Morgan fingerprint density at radius 2 is 1.97 bits per heavy atom. The zero-order valence-electron chi connectivity index (χ0n) is 18.0. The van der Waals surface area contributed by atoms with Crippen LogP contribution in [-0.2, 0) is 19.5 Å². The Morgan fingerprint density at radius 1 is 1.12 bits per heavy atom. The summed E-state index contributed by atoms with van der Waals surface area (Å²) in [6.45, 7) is 4.85. The lowest BCUT2D eigenvalue weighted by atomic mass is 10.1. The molecule has 6 nitrogen and oxygen atoms in total. The number of aliphatic imine (C=N–C) groups is 1. The SMILES string of the molecule is CCNC(=NCc1cnn(Cc2ccccc2)c1)NCCc1c[nH]c2cc(F)ccc12.I. The second-order valence-corrected chi connectivity index (χ2v) is 7.41. The maximum absolute atomic E-state index is 13.4. The van der Waals surface area contributed by atoms with Crippen LogP contribution in [-0.4, -0.2) is 33.8 Å². The first-order valence-corrected chi connectivity index (χ1v) is 10.5. The number of nitrogens with one attached hydrogen (secondary N) is 3. The van der Waals surface area contributed by atoms with E-state index in [2.05, 4.69) is 37.8 Å². The summed E-state index contributed by atoms with van der Waals surface area (Å²) in [4.78, 5) is 7.82. The van der Waals surface area contributed by atoms with Crippen molar-refractivity contribution in [1.82, 2.24) is 25.4 Å². The predicted molar refractivity (Wildman–Crippen MR) is 138 cm³/mol. The largest absolute Gasteiger partial charge is 0.361 e. The number of aromatic amines is 1. The number of guanidine groups is 1. The van der Waals surface area contributed by atoms with Crippen LogP contribution in [0.2, 0.25) is 0 Å². The molecule has 0 aliphatic heterocycles. The highest BCUT2D eigenvalue weighted by Crippen LogP contribution is 2.19. The smallest absolute Gasteiger partial charge is 0.191 e. The molecule has 2 heterocycles. The first kappa shape index (κ1) is 23.8. The van der Waals surface area contributed by atoms with Gasteiger partial charge in [0.2, 0.25) is 0 Å². The quantitative estimate of drug-likeness (QED) is 0.174. The summed E-state index contributed by atoms with van der Waals surface area (Å²) in [5.74, 6) is 0.539. The molecular formula is C24H28FIN6. The van der Waals surface area contributed by atoms with Gasteiger partial charge in [0, 0.05) is 41.9 Å². The van der Waals surface area contributed by atoms with Crippen LogP contribution in [0, 0.1) is 5.82 Å². The number of H-pyrrole nitrogens is 1. The van der Waals surface area contributed by atoms with Crippen molar-refractivity contribution in [2.45, 2.75) is 26.4 Å². The standard InChI is InChI=1S/C24H27FN6.HI/c1-2-26-24(27-11-10-20-15-28-23-12-21(25)8-9-22(20)23)29-13-19-14-30-31(17-19)16-18-6-4-3-5-7-18;/h3-9,12,14-15,17,28H,2,10-11,13,16H2,1H3,(H2,26,27,29);1H. The van der Waals surface area contributed by atoms with Crippen molar-refractivity contribution in [2.24, 2.45) is 4.99 Å². The molecule has 4 rings (SSSR count). The molecular weight excluding hydrogens is 518 g/mol. The Bertz CT molecular complexity index is 1150. The molecule has 2 aromatic heterocycles. The molecule has 0 fully saturated rings. The van der Waals surface area contributed by atoms with Gasteiger partial charge in [0.15, 0.2) is 5.96 Å². The first-order chi connectivity index (χ1) is 15.2. The van der Waals surface area contributed by atoms with Crippen LogP contribution in [0.25, 0.3) is 10.9 Å². The molecule has 0 saturated heterocycles. The zero-order chi connectivity index (χ0) is 21.5. The van der Waals surface area contributed by atoms with E-state index in [0.29, 0.717) is 6.54 Å². The molecule has 0 amide bonds. The van der Waals surface area contributed by atoms with Crippen LogP contribution in [0.5, 0.6) is 0 Å². The molecule has 0 spiro atoms. The highest BCUT2D eigenvalue weighted by atomic mass is 127. The van der Waals surface area contributed by atoms with E-state index in [1.165, 1.54) is 17.7 Å². The van der Waals surface area contributed by atoms with Gasteiger partial charge in [-0.25, -0.2) is 9.38 Å². The number of benzene rings is 2. The average Bonchev–Trinajstić information content (AvgIpc) is 3.39. The molecule has 0 aliphatic rings. The van der Waals surface area contributed by atoms with E-state index in [4.69, 9.17) is 0 Å². The van der Waals surface area contributed by atoms with Crippen LogP contribution in [0.3, 0.4) is 0 Å². The number of fused-ring (bicyclic) bond motifs is 1.